The van der Waals surface area contributed by atoms with E-state index in [0.29, 0.717) is 17.4 Å². The molecule has 2 aliphatic heterocycles. The third-order valence-corrected chi connectivity index (χ3v) is 4.88. The van der Waals surface area contributed by atoms with Crippen LogP contribution in [0.3, 0.4) is 0 Å². The van der Waals surface area contributed by atoms with E-state index >= 15 is 0 Å². The van der Waals surface area contributed by atoms with Gasteiger partial charge in [0.15, 0.2) is 5.11 Å². The van der Waals surface area contributed by atoms with Crippen LogP contribution in [-0.4, -0.2) is 75.1 Å². The van der Waals surface area contributed by atoms with Crippen molar-refractivity contribution in [3.05, 3.63) is 24.3 Å². The maximum Gasteiger partial charge on any atom is 0.348 e. The van der Waals surface area contributed by atoms with Gasteiger partial charge in [-0.25, -0.2) is 4.79 Å². The zero-order chi connectivity index (χ0) is 18.4. The third-order valence-electron chi connectivity index (χ3n) is 4.51. The van der Waals surface area contributed by atoms with Gasteiger partial charge in [0.2, 0.25) is 6.10 Å². The number of esters is 1. The topological polar surface area (TPSA) is 63.3 Å². The lowest BCUT2D eigenvalue weighted by atomic mass is 10.2. The molecule has 0 aromatic heterocycles. The number of carbonyl (C=O) groups is 1. The van der Waals surface area contributed by atoms with Crippen LogP contribution < -0.4 is 15.0 Å². The molecule has 1 aromatic rings. The van der Waals surface area contributed by atoms with E-state index < -0.39 is 12.1 Å². The summed E-state index contributed by atoms with van der Waals surface area (Å²) >= 11 is 5.57. The number of thiocarbonyl (C=S) groups is 1. The molecule has 0 bridgehead atoms. The molecule has 2 heterocycles. The molecule has 0 radical (unpaired) electrons. The van der Waals surface area contributed by atoms with Crippen molar-refractivity contribution in [2.75, 3.05) is 57.9 Å². The summed E-state index contributed by atoms with van der Waals surface area (Å²) in [6, 6.07) is 7.56. The van der Waals surface area contributed by atoms with Gasteiger partial charge in [-0.05, 0) is 37.3 Å². The fourth-order valence-electron chi connectivity index (χ4n) is 3.10. The number of benzene rings is 1. The summed E-state index contributed by atoms with van der Waals surface area (Å²) in [5, 5.41) is 3.90. The van der Waals surface area contributed by atoms with Crippen molar-refractivity contribution >= 4 is 29.0 Å². The van der Waals surface area contributed by atoms with Gasteiger partial charge in [0.1, 0.15) is 5.75 Å². The van der Waals surface area contributed by atoms with Gasteiger partial charge in [-0.3, -0.25) is 4.90 Å². The number of carbonyl (C=O) groups excluding carboxylic acids is 1. The summed E-state index contributed by atoms with van der Waals surface area (Å²) < 4.78 is 15.9. The molecule has 1 aromatic carbocycles. The standard InChI is InChI=1S/C18H25N3O4S/c1-23-17(22)16-13-21(14-5-2-3-6-15(14)25-16)18(26)19-7-4-8-20-9-11-24-12-10-20/h2-3,5-6,16H,4,7-13H2,1H3,(H,19,26)/t16-/m1/s1. The van der Waals surface area contributed by atoms with E-state index in [9.17, 15) is 4.79 Å². The van der Waals surface area contributed by atoms with Crippen LogP contribution in [0.1, 0.15) is 6.42 Å². The molecule has 1 saturated heterocycles. The highest BCUT2D eigenvalue weighted by Crippen LogP contribution is 2.33. The number of hydrogen-bond donors (Lipinski definition) is 1. The lowest BCUT2D eigenvalue weighted by Gasteiger charge is -2.35. The summed E-state index contributed by atoms with van der Waals surface area (Å²) in [6.45, 7) is 5.72. The zero-order valence-corrected chi connectivity index (χ0v) is 15.8. The van der Waals surface area contributed by atoms with Crippen molar-refractivity contribution in [2.45, 2.75) is 12.5 Å². The van der Waals surface area contributed by atoms with E-state index in [2.05, 4.69) is 10.2 Å². The van der Waals surface area contributed by atoms with Gasteiger partial charge < -0.3 is 24.4 Å². The van der Waals surface area contributed by atoms with Gasteiger partial charge in [-0.1, -0.05) is 12.1 Å². The number of fused-ring (bicyclic) bond motifs is 1. The van der Waals surface area contributed by atoms with Crippen LogP contribution in [0.4, 0.5) is 5.69 Å². The number of methoxy groups -OCH3 is 1. The first-order chi connectivity index (χ1) is 12.7. The van der Waals surface area contributed by atoms with Crippen molar-refractivity contribution in [3.63, 3.8) is 0 Å². The molecule has 142 valence electrons. The van der Waals surface area contributed by atoms with E-state index in [1.807, 2.05) is 29.2 Å². The smallest absolute Gasteiger partial charge is 0.348 e. The largest absolute Gasteiger partial charge is 0.475 e. The Morgan fingerprint density at radius 2 is 2.12 bits per heavy atom. The molecule has 0 saturated carbocycles. The van der Waals surface area contributed by atoms with E-state index in [0.717, 1.165) is 51.5 Å². The number of para-hydroxylation sites is 2. The molecule has 0 unspecified atom stereocenters. The van der Waals surface area contributed by atoms with E-state index in [1.54, 1.807) is 0 Å². The first-order valence-electron chi connectivity index (χ1n) is 8.88. The SMILES string of the molecule is COC(=O)[C@H]1CN(C(=S)NCCCN2CCOCC2)c2ccccc2O1. The summed E-state index contributed by atoms with van der Waals surface area (Å²) in [5.41, 5.74) is 0.860. The number of nitrogens with zero attached hydrogens (tertiary/aromatic N) is 2. The van der Waals surface area contributed by atoms with E-state index in [-0.39, 0.29) is 0 Å². The first-order valence-corrected chi connectivity index (χ1v) is 9.29. The molecule has 1 fully saturated rings. The highest BCUT2D eigenvalue weighted by molar-refractivity contribution is 7.80. The molecule has 1 N–H and O–H groups in total. The van der Waals surface area contributed by atoms with Crippen molar-refractivity contribution in [3.8, 4) is 5.75 Å². The normalized spacial score (nSPS) is 20.0. The predicted octanol–water partition coefficient (Wildman–Crippen LogP) is 1.02. The fraction of sp³-hybridized carbons (Fsp3) is 0.556. The van der Waals surface area contributed by atoms with Crippen LogP contribution in [0.2, 0.25) is 0 Å². The lowest BCUT2D eigenvalue weighted by Crippen LogP contribution is -2.51. The maximum atomic E-state index is 11.9. The van der Waals surface area contributed by atoms with Crippen molar-refractivity contribution in [2.24, 2.45) is 0 Å². The Labute approximate surface area is 159 Å². The van der Waals surface area contributed by atoms with Crippen LogP contribution >= 0.6 is 12.2 Å². The second-order valence-corrected chi connectivity index (χ2v) is 6.63. The molecule has 0 amide bonds. The second kappa shape index (κ2) is 9.16. The number of anilines is 1. The molecule has 7 nitrogen and oxygen atoms in total. The summed E-state index contributed by atoms with van der Waals surface area (Å²) in [6.07, 6.45) is 0.301. The van der Waals surface area contributed by atoms with Gasteiger partial charge in [0, 0.05) is 19.6 Å². The zero-order valence-electron chi connectivity index (χ0n) is 15.0. The number of hydrogen-bond acceptors (Lipinski definition) is 6. The third kappa shape index (κ3) is 4.63. The van der Waals surface area contributed by atoms with Crippen LogP contribution in [0.5, 0.6) is 5.75 Å². The minimum absolute atomic E-state index is 0.332. The van der Waals surface area contributed by atoms with E-state index in [4.69, 9.17) is 26.4 Å². The predicted molar refractivity (Wildman–Crippen MR) is 103 cm³/mol. The minimum Gasteiger partial charge on any atom is -0.475 e. The molecular formula is C18H25N3O4S. The molecule has 26 heavy (non-hydrogen) atoms. The second-order valence-electron chi connectivity index (χ2n) is 6.25. The van der Waals surface area contributed by atoms with Crippen molar-refractivity contribution < 1.29 is 19.0 Å². The van der Waals surface area contributed by atoms with Gasteiger partial charge in [-0.15, -0.1) is 0 Å². The van der Waals surface area contributed by atoms with Crippen LogP contribution in [0.15, 0.2) is 24.3 Å². The number of ether oxygens (including phenoxy) is 3. The Balaban J connectivity index is 1.55. The van der Waals surface area contributed by atoms with Crippen LogP contribution in [0.25, 0.3) is 0 Å². The van der Waals surface area contributed by atoms with E-state index in [1.165, 1.54) is 7.11 Å². The van der Waals surface area contributed by atoms with Crippen molar-refractivity contribution in [1.29, 1.82) is 0 Å². The van der Waals surface area contributed by atoms with Crippen LogP contribution in [-0.2, 0) is 14.3 Å². The molecule has 0 spiro atoms. The van der Waals surface area contributed by atoms with Gasteiger partial charge >= 0.3 is 5.97 Å². The summed E-state index contributed by atoms with van der Waals surface area (Å²) in [5.74, 6) is 0.228. The number of morpholine rings is 1. The Bertz CT molecular complexity index is 637. The number of rotatable bonds is 5. The quantitative estimate of drug-likeness (QED) is 0.462. The maximum absolute atomic E-state index is 11.9. The fourth-order valence-corrected chi connectivity index (χ4v) is 3.37. The Kier molecular flexibility index (Phi) is 6.65. The summed E-state index contributed by atoms with van der Waals surface area (Å²) in [4.78, 5) is 16.2. The molecule has 8 heteroatoms. The Morgan fingerprint density at radius 3 is 2.88 bits per heavy atom. The number of nitrogens with one attached hydrogen (secondary N) is 1. The van der Waals surface area contributed by atoms with Gasteiger partial charge in [-0.2, -0.15) is 0 Å². The summed E-state index contributed by atoms with van der Waals surface area (Å²) in [7, 11) is 1.36. The monoisotopic (exact) mass is 379 g/mol. The molecular weight excluding hydrogens is 354 g/mol. The Hall–Kier alpha value is -1.90. The molecule has 3 rings (SSSR count). The highest BCUT2D eigenvalue weighted by Gasteiger charge is 2.33. The van der Waals surface area contributed by atoms with Gasteiger partial charge in [0.25, 0.3) is 0 Å². The lowest BCUT2D eigenvalue weighted by molar-refractivity contribution is -0.148. The van der Waals surface area contributed by atoms with Crippen molar-refractivity contribution in [1.82, 2.24) is 10.2 Å². The average Bonchev–Trinajstić information content (AvgIpc) is 2.70. The molecule has 2 aliphatic rings. The molecule has 0 aliphatic carbocycles. The molecule has 1 atom stereocenters. The van der Waals surface area contributed by atoms with Gasteiger partial charge in [0.05, 0.1) is 32.6 Å². The Morgan fingerprint density at radius 1 is 1.35 bits per heavy atom. The first kappa shape index (κ1) is 18.9. The van der Waals surface area contributed by atoms with Crippen LogP contribution in [0, 0.1) is 0 Å². The highest BCUT2D eigenvalue weighted by atomic mass is 32.1. The minimum atomic E-state index is -0.692. The average molecular weight is 379 g/mol.